The topological polar surface area (TPSA) is 26.3 Å². The summed E-state index contributed by atoms with van der Waals surface area (Å²) in [4.78, 5) is 2.39. The largest absolute Gasteiger partial charge is 0.455 e. The molecule has 4 aromatic heterocycles. The minimum absolute atomic E-state index is 0.889. The van der Waals surface area contributed by atoms with Crippen LogP contribution in [0, 0.1) is 0 Å². The second-order valence-corrected chi connectivity index (χ2v) is 13.5. The first kappa shape index (κ1) is 25.9. The zero-order valence-electron chi connectivity index (χ0n) is 24.5. The summed E-state index contributed by atoms with van der Waals surface area (Å²) < 4.78 is 13.8. The molecule has 0 radical (unpaired) electrons. The van der Waals surface area contributed by atoms with Crippen molar-refractivity contribution in [2.24, 2.45) is 0 Å². The Morgan fingerprint density at radius 3 is 1.20 bits per heavy atom. The van der Waals surface area contributed by atoms with Gasteiger partial charge in [0, 0.05) is 42.8 Å². The van der Waals surface area contributed by atoms with E-state index in [1.165, 1.54) is 20.5 Å². The molecule has 10 rings (SSSR count). The lowest BCUT2D eigenvalue weighted by Crippen LogP contribution is -1.92. The van der Waals surface area contributed by atoms with Crippen LogP contribution < -0.4 is 0 Å². The predicted octanol–water partition coefficient (Wildman–Crippen LogP) is 13.4. The van der Waals surface area contributed by atoms with E-state index in [0.717, 1.165) is 77.3 Å². The van der Waals surface area contributed by atoms with Gasteiger partial charge in [0.2, 0.25) is 0 Å². The van der Waals surface area contributed by atoms with Crippen molar-refractivity contribution in [2.75, 3.05) is 0 Å². The van der Waals surface area contributed by atoms with Crippen molar-refractivity contribution in [1.29, 1.82) is 0 Å². The third kappa shape index (κ3) is 3.75. The minimum atomic E-state index is 0.889. The van der Waals surface area contributed by atoms with Gasteiger partial charge >= 0.3 is 0 Å². The Balaban J connectivity index is 1.43. The van der Waals surface area contributed by atoms with Crippen LogP contribution in [0.5, 0.6) is 0 Å². The van der Waals surface area contributed by atoms with Gasteiger partial charge in [-0.25, -0.2) is 0 Å². The summed E-state index contributed by atoms with van der Waals surface area (Å²) in [5.41, 5.74) is 6.27. The Morgan fingerprint density at radius 2 is 0.761 bits per heavy atom. The summed E-state index contributed by atoms with van der Waals surface area (Å²) in [6.45, 7) is 0. The molecule has 4 heterocycles. The Labute approximate surface area is 272 Å². The number of rotatable bonds is 4. The summed E-state index contributed by atoms with van der Waals surface area (Å²) in [7, 11) is 0. The summed E-state index contributed by atoms with van der Waals surface area (Å²) in [6, 6.07) is 47.5. The van der Waals surface area contributed by atoms with Crippen molar-refractivity contribution in [3.63, 3.8) is 0 Å². The summed E-state index contributed by atoms with van der Waals surface area (Å²) in [5.74, 6) is 1.80. The van der Waals surface area contributed by atoms with Crippen molar-refractivity contribution in [2.45, 2.75) is 0 Å². The molecule has 6 aromatic carbocycles. The highest BCUT2D eigenvalue weighted by Crippen LogP contribution is 2.53. The molecule has 0 saturated carbocycles. The normalized spacial score (nSPS) is 11.9. The van der Waals surface area contributed by atoms with Gasteiger partial charge in [0.25, 0.3) is 0 Å². The fourth-order valence-electron chi connectivity index (χ4n) is 7.13. The van der Waals surface area contributed by atoms with Crippen LogP contribution in [0.2, 0.25) is 0 Å². The fraction of sp³-hybridized carbons (Fsp3) is 0. The summed E-state index contributed by atoms with van der Waals surface area (Å²) >= 11 is 3.49. The third-order valence-corrected chi connectivity index (χ3v) is 10.8. The zero-order valence-corrected chi connectivity index (χ0v) is 26.1. The van der Waals surface area contributed by atoms with Gasteiger partial charge in [0.05, 0.1) is 0 Å². The van der Waals surface area contributed by atoms with E-state index in [9.17, 15) is 0 Å². The molecule has 0 bridgehead atoms. The molecule has 4 heteroatoms. The lowest BCUT2D eigenvalue weighted by atomic mass is 9.86. The molecule has 0 aliphatic rings. The molecule has 0 unspecified atom stereocenters. The molecular formula is C42H24O2S2. The Kier molecular flexibility index (Phi) is 5.65. The maximum Gasteiger partial charge on any atom is 0.145 e. The molecule has 0 N–H and O–H groups in total. The molecule has 2 nitrogen and oxygen atoms in total. The van der Waals surface area contributed by atoms with Gasteiger partial charge < -0.3 is 8.83 Å². The van der Waals surface area contributed by atoms with Crippen LogP contribution in [0.1, 0.15) is 0 Å². The smallest absolute Gasteiger partial charge is 0.145 e. The van der Waals surface area contributed by atoms with Crippen molar-refractivity contribution in [1.82, 2.24) is 0 Å². The van der Waals surface area contributed by atoms with Crippen LogP contribution >= 0.6 is 22.7 Å². The molecule has 0 aliphatic heterocycles. The number of benzene rings is 6. The van der Waals surface area contributed by atoms with Crippen LogP contribution in [0.15, 0.2) is 153 Å². The SMILES string of the molecule is c1csc(-c2c(-c3c4ccccc4c(-c4oc5ccccc5c4-c4cccs4)c4cc5ccccc5cc34)oc3ccccc23)c1. The monoisotopic (exact) mass is 624 g/mol. The van der Waals surface area contributed by atoms with Gasteiger partial charge in [-0.05, 0) is 79.5 Å². The van der Waals surface area contributed by atoms with E-state index < -0.39 is 0 Å². The van der Waals surface area contributed by atoms with Gasteiger partial charge in [-0.2, -0.15) is 0 Å². The first-order valence-electron chi connectivity index (χ1n) is 15.3. The van der Waals surface area contributed by atoms with Crippen LogP contribution in [0.25, 0.3) is 97.8 Å². The lowest BCUT2D eigenvalue weighted by molar-refractivity contribution is 0.632. The molecule has 0 saturated heterocycles. The average molecular weight is 625 g/mol. The number of para-hydroxylation sites is 2. The van der Waals surface area contributed by atoms with Crippen molar-refractivity contribution in [3.05, 3.63) is 144 Å². The number of hydrogen-bond donors (Lipinski definition) is 0. The van der Waals surface area contributed by atoms with Crippen LogP contribution in [0.3, 0.4) is 0 Å². The second-order valence-electron chi connectivity index (χ2n) is 11.6. The molecule has 46 heavy (non-hydrogen) atoms. The fourth-order valence-corrected chi connectivity index (χ4v) is 8.69. The van der Waals surface area contributed by atoms with E-state index in [1.807, 2.05) is 12.1 Å². The predicted molar refractivity (Wildman–Crippen MR) is 196 cm³/mol. The molecule has 0 fully saturated rings. The number of hydrogen-bond acceptors (Lipinski definition) is 4. The maximum absolute atomic E-state index is 6.90. The molecule has 0 amide bonds. The van der Waals surface area contributed by atoms with Gasteiger partial charge in [0.1, 0.15) is 22.7 Å². The number of furan rings is 2. The Morgan fingerprint density at radius 1 is 0.348 bits per heavy atom. The van der Waals surface area contributed by atoms with E-state index in [2.05, 4.69) is 132 Å². The van der Waals surface area contributed by atoms with Crippen molar-refractivity contribution >= 4 is 76.9 Å². The van der Waals surface area contributed by atoms with E-state index in [-0.39, 0.29) is 0 Å². The van der Waals surface area contributed by atoms with Crippen LogP contribution in [-0.2, 0) is 0 Å². The Bertz CT molecular complexity index is 2550. The molecular weight excluding hydrogens is 601 g/mol. The quantitative estimate of drug-likeness (QED) is 0.182. The van der Waals surface area contributed by atoms with E-state index in [4.69, 9.17) is 8.83 Å². The first-order valence-corrected chi connectivity index (χ1v) is 17.1. The standard InChI is InChI=1S/C42H24O2S2/c1-2-12-26-24-32-31(23-25(26)11-1)37(41-39(35-19-9-21-45-35)29-15-5-7-17-33(29)43-41)27-13-3-4-14-28(27)38(32)42-40(36-20-10-22-46-36)30-16-6-8-18-34(30)44-42/h1-24H. The third-order valence-electron chi connectivity index (χ3n) is 9.07. The highest BCUT2D eigenvalue weighted by atomic mass is 32.1. The highest BCUT2D eigenvalue weighted by Gasteiger charge is 2.27. The molecule has 10 aromatic rings. The van der Waals surface area contributed by atoms with E-state index in [1.54, 1.807) is 22.7 Å². The lowest BCUT2D eigenvalue weighted by Gasteiger charge is -2.17. The summed E-state index contributed by atoms with van der Waals surface area (Å²) in [6.07, 6.45) is 0. The van der Waals surface area contributed by atoms with Gasteiger partial charge in [-0.1, -0.05) is 97.1 Å². The maximum atomic E-state index is 6.90. The Hall–Kier alpha value is -5.42. The van der Waals surface area contributed by atoms with Crippen LogP contribution in [0.4, 0.5) is 0 Å². The number of fused-ring (bicyclic) bond motifs is 5. The highest BCUT2D eigenvalue weighted by molar-refractivity contribution is 7.14. The van der Waals surface area contributed by atoms with E-state index >= 15 is 0 Å². The average Bonchev–Trinajstić information content (AvgIpc) is 3.92. The van der Waals surface area contributed by atoms with Crippen molar-refractivity contribution < 1.29 is 8.83 Å². The van der Waals surface area contributed by atoms with Gasteiger partial charge in [-0.15, -0.1) is 22.7 Å². The van der Waals surface area contributed by atoms with Crippen molar-refractivity contribution in [3.8, 4) is 43.5 Å². The molecule has 0 spiro atoms. The molecule has 216 valence electrons. The van der Waals surface area contributed by atoms with Gasteiger partial charge in [-0.3, -0.25) is 0 Å². The number of thiophene rings is 2. The summed E-state index contributed by atoms with van der Waals surface area (Å²) in [5, 5.41) is 13.5. The minimum Gasteiger partial charge on any atom is -0.455 e. The van der Waals surface area contributed by atoms with Crippen LogP contribution in [-0.4, -0.2) is 0 Å². The zero-order chi connectivity index (χ0) is 30.2. The molecule has 0 atom stereocenters. The molecule has 0 aliphatic carbocycles. The van der Waals surface area contributed by atoms with Gasteiger partial charge in [0.15, 0.2) is 0 Å². The van der Waals surface area contributed by atoms with E-state index in [0.29, 0.717) is 0 Å². The first-order chi connectivity index (χ1) is 22.8. The second kappa shape index (κ2) is 10.0.